The number of nitrogens with zero attached hydrogens (tertiary/aromatic N) is 2. The fraction of sp³-hybridized carbons (Fsp3) is 0.308. The van der Waals surface area contributed by atoms with Crippen LogP contribution in [0.3, 0.4) is 0 Å². The summed E-state index contributed by atoms with van der Waals surface area (Å²) in [5.74, 6) is 5.29. The minimum atomic E-state index is -0.255. The Morgan fingerprint density at radius 2 is 2.28 bits per heavy atom. The number of nitrogens with two attached hydrogens (primary N) is 1. The fourth-order valence-corrected chi connectivity index (χ4v) is 2.00. The Balaban J connectivity index is 2.25. The predicted molar refractivity (Wildman–Crippen MR) is 68.1 cm³/mol. The van der Waals surface area contributed by atoms with Gasteiger partial charge in [-0.05, 0) is 25.0 Å². The zero-order chi connectivity index (χ0) is 13.1. The molecule has 0 bridgehead atoms. The number of hydrogen-bond acceptors (Lipinski definition) is 3. The molecule has 96 valence electrons. The lowest BCUT2D eigenvalue weighted by atomic mass is 9.99. The summed E-state index contributed by atoms with van der Waals surface area (Å²) in [5, 5.41) is 4.09. The average Bonchev–Trinajstić information content (AvgIpc) is 2.75. The number of aryl methyl sites for hydroxylation is 2. The molecule has 0 saturated carbocycles. The van der Waals surface area contributed by atoms with Gasteiger partial charge < -0.3 is 0 Å². The van der Waals surface area contributed by atoms with Gasteiger partial charge in [0.05, 0.1) is 12.2 Å². The van der Waals surface area contributed by atoms with E-state index in [4.69, 9.17) is 5.84 Å². The Kier molecular flexibility index (Phi) is 3.74. The van der Waals surface area contributed by atoms with Crippen LogP contribution in [0.25, 0.3) is 0 Å². The summed E-state index contributed by atoms with van der Waals surface area (Å²) in [4.78, 5) is 0. The number of nitrogens with one attached hydrogen (secondary N) is 1. The standard InChI is InChI=1S/C13H17FN4/c1-9-3-4-12(14)11(5-9)13(17-15)6-10-7-16-18(2)8-10/h3-5,7-8,13,17H,6,15H2,1-2H3. The topological polar surface area (TPSA) is 55.9 Å². The zero-order valence-corrected chi connectivity index (χ0v) is 10.5. The van der Waals surface area contributed by atoms with E-state index in [1.54, 1.807) is 16.9 Å². The third-order valence-electron chi connectivity index (χ3n) is 2.93. The Bertz CT molecular complexity index is 536. The van der Waals surface area contributed by atoms with Gasteiger partial charge in [0.2, 0.25) is 0 Å². The Morgan fingerprint density at radius 1 is 1.50 bits per heavy atom. The van der Waals surface area contributed by atoms with Crippen LogP contribution < -0.4 is 11.3 Å². The molecule has 0 saturated heterocycles. The molecule has 2 aromatic rings. The van der Waals surface area contributed by atoms with E-state index in [2.05, 4.69) is 10.5 Å². The van der Waals surface area contributed by atoms with Gasteiger partial charge in [-0.1, -0.05) is 17.7 Å². The van der Waals surface area contributed by atoms with Crippen molar-refractivity contribution in [2.75, 3.05) is 0 Å². The molecule has 1 atom stereocenters. The molecule has 0 fully saturated rings. The van der Waals surface area contributed by atoms with Crippen LogP contribution in [-0.4, -0.2) is 9.78 Å². The zero-order valence-electron chi connectivity index (χ0n) is 10.5. The molecule has 5 heteroatoms. The molecule has 3 N–H and O–H groups in total. The SMILES string of the molecule is Cc1ccc(F)c(C(Cc2cnn(C)c2)NN)c1. The third kappa shape index (κ3) is 2.75. The number of aromatic nitrogens is 2. The molecule has 0 aliphatic carbocycles. The first kappa shape index (κ1) is 12.7. The van der Waals surface area contributed by atoms with E-state index in [-0.39, 0.29) is 11.9 Å². The van der Waals surface area contributed by atoms with Gasteiger partial charge in [0.25, 0.3) is 0 Å². The van der Waals surface area contributed by atoms with Gasteiger partial charge >= 0.3 is 0 Å². The van der Waals surface area contributed by atoms with Gasteiger partial charge in [-0.25, -0.2) is 4.39 Å². The highest BCUT2D eigenvalue weighted by molar-refractivity contribution is 5.28. The second-order valence-corrected chi connectivity index (χ2v) is 4.47. The first-order valence-corrected chi connectivity index (χ1v) is 5.80. The normalized spacial score (nSPS) is 12.7. The van der Waals surface area contributed by atoms with E-state index in [1.165, 1.54) is 6.07 Å². The van der Waals surface area contributed by atoms with E-state index < -0.39 is 0 Å². The number of rotatable bonds is 4. The lowest BCUT2D eigenvalue weighted by Crippen LogP contribution is -2.30. The van der Waals surface area contributed by atoms with Crippen molar-refractivity contribution < 1.29 is 4.39 Å². The molecule has 0 aliphatic heterocycles. The Morgan fingerprint density at radius 3 is 2.89 bits per heavy atom. The van der Waals surface area contributed by atoms with E-state index in [0.29, 0.717) is 12.0 Å². The van der Waals surface area contributed by atoms with E-state index >= 15 is 0 Å². The Labute approximate surface area is 106 Å². The van der Waals surface area contributed by atoms with Crippen molar-refractivity contribution in [3.05, 3.63) is 53.1 Å². The lowest BCUT2D eigenvalue weighted by Gasteiger charge is -2.16. The highest BCUT2D eigenvalue weighted by Crippen LogP contribution is 2.21. The van der Waals surface area contributed by atoms with Crippen LogP contribution in [0.4, 0.5) is 4.39 Å². The smallest absolute Gasteiger partial charge is 0.128 e. The van der Waals surface area contributed by atoms with E-state index in [0.717, 1.165) is 11.1 Å². The molecule has 2 rings (SSSR count). The van der Waals surface area contributed by atoms with Gasteiger partial charge in [-0.3, -0.25) is 16.0 Å². The van der Waals surface area contributed by atoms with Crippen molar-refractivity contribution >= 4 is 0 Å². The average molecular weight is 248 g/mol. The van der Waals surface area contributed by atoms with Gasteiger partial charge in [-0.2, -0.15) is 5.10 Å². The lowest BCUT2D eigenvalue weighted by molar-refractivity contribution is 0.510. The predicted octanol–water partition coefficient (Wildman–Crippen LogP) is 1.61. The summed E-state index contributed by atoms with van der Waals surface area (Å²) < 4.78 is 15.5. The fourth-order valence-electron chi connectivity index (χ4n) is 2.00. The molecular weight excluding hydrogens is 231 g/mol. The second kappa shape index (κ2) is 5.29. The monoisotopic (exact) mass is 248 g/mol. The molecule has 1 aromatic carbocycles. The van der Waals surface area contributed by atoms with E-state index in [1.807, 2.05) is 26.2 Å². The summed E-state index contributed by atoms with van der Waals surface area (Å²) in [6.07, 6.45) is 4.26. The summed E-state index contributed by atoms with van der Waals surface area (Å²) in [6, 6.07) is 4.78. The number of benzene rings is 1. The molecular formula is C13H17FN4. The van der Waals surface area contributed by atoms with Gasteiger partial charge in [0.1, 0.15) is 5.82 Å². The Hall–Kier alpha value is -1.72. The number of hydrogen-bond donors (Lipinski definition) is 2. The second-order valence-electron chi connectivity index (χ2n) is 4.47. The molecule has 18 heavy (non-hydrogen) atoms. The molecule has 1 heterocycles. The highest BCUT2D eigenvalue weighted by Gasteiger charge is 2.15. The molecule has 4 nitrogen and oxygen atoms in total. The highest BCUT2D eigenvalue weighted by atomic mass is 19.1. The van der Waals surface area contributed by atoms with Crippen molar-refractivity contribution in [3.8, 4) is 0 Å². The van der Waals surface area contributed by atoms with Crippen molar-refractivity contribution in [2.24, 2.45) is 12.9 Å². The van der Waals surface area contributed by atoms with Crippen LogP contribution in [0.5, 0.6) is 0 Å². The van der Waals surface area contributed by atoms with Crippen LogP contribution in [-0.2, 0) is 13.5 Å². The summed E-state index contributed by atoms with van der Waals surface area (Å²) in [5.41, 5.74) is 5.28. The molecule has 0 aliphatic rings. The maximum absolute atomic E-state index is 13.8. The first-order chi connectivity index (χ1) is 8.60. The largest absolute Gasteiger partial charge is 0.276 e. The minimum absolute atomic E-state index is 0.243. The summed E-state index contributed by atoms with van der Waals surface area (Å²) >= 11 is 0. The van der Waals surface area contributed by atoms with Crippen LogP contribution in [0.15, 0.2) is 30.6 Å². The van der Waals surface area contributed by atoms with Crippen molar-refractivity contribution in [2.45, 2.75) is 19.4 Å². The van der Waals surface area contributed by atoms with Crippen molar-refractivity contribution in [1.29, 1.82) is 0 Å². The van der Waals surface area contributed by atoms with Crippen LogP contribution in [0.2, 0.25) is 0 Å². The number of hydrazine groups is 1. The summed E-state index contributed by atoms with van der Waals surface area (Å²) in [7, 11) is 1.85. The quantitative estimate of drug-likeness (QED) is 0.638. The van der Waals surface area contributed by atoms with Gasteiger partial charge in [0, 0.05) is 18.8 Å². The molecule has 0 amide bonds. The molecule has 1 aromatic heterocycles. The molecule has 0 radical (unpaired) electrons. The maximum atomic E-state index is 13.8. The molecule has 0 spiro atoms. The van der Waals surface area contributed by atoms with Crippen molar-refractivity contribution in [1.82, 2.24) is 15.2 Å². The first-order valence-electron chi connectivity index (χ1n) is 5.80. The van der Waals surface area contributed by atoms with Crippen LogP contribution in [0, 0.1) is 12.7 Å². The molecule has 1 unspecified atom stereocenters. The number of halogens is 1. The third-order valence-corrected chi connectivity index (χ3v) is 2.93. The minimum Gasteiger partial charge on any atom is -0.276 e. The van der Waals surface area contributed by atoms with Gasteiger partial charge in [0.15, 0.2) is 0 Å². The maximum Gasteiger partial charge on any atom is 0.128 e. The van der Waals surface area contributed by atoms with Crippen LogP contribution in [0.1, 0.15) is 22.7 Å². The van der Waals surface area contributed by atoms with Crippen molar-refractivity contribution in [3.63, 3.8) is 0 Å². The van der Waals surface area contributed by atoms with Crippen LogP contribution >= 0.6 is 0 Å². The van der Waals surface area contributed by atoms with E-state index in [9.17, 15) is 4.39 Å². The summed E-state index contributed by atoms with van der Waals surface area (Å²) in [6.45, 7) is 1.93. The van der Waals surface area contributed by atoms with Gasteiger partial charge in [-0.15, -0.1) is 0 Å².